The van der Waals surface area contributed by atoms with Crippen LogP contribution in [0.5, 0.6) is 0 Å². The minimum atomic E-state index is -0.132. The lowest BCUT2D eigenvalue weighted by Crippen LogP contribution is -2.40. The first kappa shape index (κ1) is 23.9. The van der Waals surface area contributed by atoms with Gasteiger partial charge in [0.25, 0.3) is 5.56 Å². The van der Waals surface area contributed by atoms with Crippen molar-refractivity contribution in [2.75, 3.05) is 18.8 Å². The fourth-order valence-corrected chi connectivity index (χ4v) is 6.75. The van der Waals surface area contributed by atoms with Crippen LogP contribution >= 0.6 is 11.8 Å². The molecule has 5 rings (SSSR count). The SMILES string of the molecule is CCN(CC)C(=O)CSc1nc2c(c(=O)n1Cc1ccccc1)C1(CCCC1)Cc1ccccc1-2. The van der Waals surface area contributed by atoms with E-state index >= 15 is 0 Å². The molecular weight excluding hydrogens is 454 g/mol. The molecule has 3 aromatic rings. The van der Waals surface area contributed by atoms with Gasteiger partial charge in [-0.05, 0) is 44.2 Å². The van der Waals surface area contributed by atoms with Gasteiger partial charge < -0.3 is 4.90 Å². The van der Waals surface area contributed by atoms with Crippen LogP contribution in [0, 0.1) is 0 Å². The number of rotatable bonds is 7. The molecule has 0 atom stereocenters. The molecule has 0 bridgehead atoms. The lowest BCUT2D eigenvalue weighted by molar-refractivity contribution is -0.127. The van der Waals surface area contributed by atoms with Crippen LogP contribution in [0.4, 0.5) is 0 Å². The Balaban J connectivity index is 1.65. The average molecular weight is 488 g/mol. The highest BCUT2D eigenvalue weighted by Gasteiger charge is 2.44. The Morgan fingerprint density at radius 3 is 2.43 bits per heavy atom. The Morgan fingerprint density at radius 1 is 1.03 bits per heavy atom. The number of carbonyl (C=O) groups is 1. The van der Waals surface area contributed by atoms with Crippen LogP contribution in [0.2, 0.25) is 0 Å². The van der Waals surface area contributed by atoms with Gasteiger partial charge in [-0.3, -0.25) is 14.2 Å². The first-order valence-electron chi connectivity index (χ1n) is 12.7. The molecule has 1 heterocycles. The van der Waals surface area contributed by atoms with Crippen LogP contribution < -0.4 is 5.56 Å². The number of carbonyl (C=O) groups excluding carboxylic acids is 1. The standard InChI is InChI=1S/C29H33N3O2S/c1-3-31(4-2)24(33)20-35-28-30-26-23-15-9-8-14-22(23)18-29(16-10-11-17-29)25(26)27(34)32(28)19-21-12-6-5-7-13-21/h5-9,12-15H,3-4,10-11,16-20H2,1-2H3. The Morgan fingerprint density at radius 2 is 1.71 bits per heavy atom. The van der Waals surface area contributed by atoms with Gasteiger partial charge in [-0.25, -0.2) is 4.98 Å². The number of fused-ring (bicyclic) bond motifs is 4. The van der Waals surface area contributed by atoms with Crippen molar-refractivity contribution < 1.29 is 4.79 Å². The molecule has 1 amide bonds. The summed E-state index contributed by atoms with van der Waals surface area (Å²) >= 11 is 1.39. The summed E-state index contributed by atoms with van der Waals surface area (Å²) in [4.78, 5) is 34.1. The van der Waals surface area contributed by atoms with E-state index in [1.54, 1.807) is 0 Å². The van der Waals surface area contributed by atoms with Crippen molar-refractivity contribution in [2.45, 2.75) is 63.1 Å². The molecule has 1 spiro atoms. The molecule has 5 nitrogen and oxygen atoms in total. The van der Waals surface area contributed by atoms with Crippen molar-refractivity contribution in [1.82, 2.24) is 14.5 Å². The molecule has 2 aliphatic carbocycles. The number of nitrogens with zero attached hydrogens (tertiary/aromatic N) is 3. The van der Waals surface area contributed by atoms with Crippen LogP contribution in [0.15, 0.2) is 64.5 Å². The summed E-state index contributed by atoms with van der Waals surface area (Å²) in [6.45, 7) is 5.80. The van der Waals surface area contributed by atoms with Crippen LogP contribution in [-0.2, 0) is 23.2 Å². The third-order valence-electron chi connectivity index (χ3n) is 7.65. The zero-order chi connectivity index (χ0) is 24.4. The maximum atomic E-state index is 14.3. The van der Waals surface area contributed by atoms with Crippen molar-refractivity contribution in [3.8, 4) is 11.3 Å². The quantitative estimate of drug-likeness (QED) is 0.336. The molecule has 0 N–H and O–H groups in total. The third kappa shape index (κ3) is 4.44. The minimum Gasteiger partial charge on any atom is -0.343 e. The second-order valence-corrected chi connectivity index (χ2v) is 10.6. The molecule has 182 valence electrons. The van der Waals surface area contributed by atoms with E-state index in [2.05, 4.69) is 18.2 Å². The number of hydrogen-bond acceptors (Lipinski definition) is 4. The zero-order valence-corrected chi connectivity index (χ0v) is 21.4. The predicted octanol–water partition coefficient (Wildman–Crippen LogP) is 5.29. The maximum Gasteiger partial charge on any atom is 0.258 e. The molecule has 0 radical (unpaired) electrons. The Bertz CT molecular complexity index is 1270. The van der Waals surface area contributed by atoms with Crippen LogP contribution in [0.1, 0.15) is 56.2 Å². The van der Waals surface area contributed by atoms with Gasteiger partial charge in [-0.15, -0.1) is 0 Å². The van der Waals surface area contributed by atoms with Crippen molar-refractivity contribution in [2.24, 2.45) is 0 Å². The molecule has 0 saturated heterocycles. The molecule has 6 heteroatoms. The Hall–Kier alpha value is -2.86. The van der Waals surface area contributed by atoms with Crippen molar-refractivity contribution in [3.05, 3.63) is 81.6 Å². The maximum absolute atomic E-state index is 14.3. The summed E-state index contributed by atoms with van der Waals surface area (Å²) in [7, 11) is 0. The highest BCUT2D eigenvalue weighted by Crippen LogP contribution is 2.50. The first-order chi connectivity index (χ1) is 17.1. The van der Waals surface area contributed by atoms with Gasteiger partial charge in [0.15, 0.2) is 5.16 Å². The number of aromatic nitrogens is 2. The second-order valence-electron chi connectivity index (χ2n) is 9.67. The number of amides is 1. The summed E-state index contributed by atoms with van der Waals surface area (Å²) in [5, 5.41) is 0.628. The van der Waals surface area contributed by atoms with Gasteiger partial charge >= 0.3 is 0 Å². The summed E-state index contributed by atoms with van der Waals surface area (Å²) in [6, 6.07) is 18.5. The smallest absolute Gasteiger partial charge is 0.258 e. The third-order valence-corrected chi connectivity index (χ3v) is 8.61. The van der Waals surface area contributed by atoms with Gasteiger partial charge in [0.1, 0.15) is 0 Å². The largest absolute Gasteiger partial charge is 0.343 e. The summed E-state index contributed by atoms with van der Waals surface area (Å²) in [5.41, 5.74) is 5.07. The molecular formula is C29H33N3O2S. The average Bonchev–Trinajstić information content (AvgIpc) is 3.34. The summed E-state index contributed by atoms with van der Waals surface area (Å²) in [6.07, 6.45) is 5.27. The Labute approximate surface area is 211 Å². The van der Waals surface area contributed by atoms with Gasteiger partial charge in [0.05, 0.1) is 23.6 Å². The molecule has 35 heavy (non-hydrogen) atoms. The Kier molecular flexibility index (Phi) is 6.83. The molecule has 1 fully saturated rings. The molecule has 0 unspecified atom stereocenters. The predicted molar refractivity (Wildman–Crippen MR) is 142 cm³/mol. The fourth-order valence-electron chi connectivity index (χ4n) is 5.85. The first-order valence-corrected chi connectivity index (χ1v) is 13.7. The molecule has 0 aliphatic heterocycles. The van der Waals surface area contributed by atoms with Crippen molar-refractivity contribution in [1.29, 1.82) is 0 Å². The monoisotopic (exact) mass is 487 g/mol. The fraction of sp³-hybridized carbons (Fsp3) is 0.414. The van der Waals surface area contributed by atoms with Gasteiger partial charge in [-0.2, -0.15) is 0 Å². The summed E-state index contributed by atoms with van der Waals surface area (Å²) < 4.78 is 1.82. The van der Waals surface area contributed by atoms with E-state index in [0.29, 0.717) is 24.8 Å². The van der Waals surface area contributed by atoms with Crippen LogP contribution in [0.3, 0.4) is 0 Å². The van der Waals surface area contributed by atoms with E-state index in [9.17, 15) is 9.59 Å². The normalized spacial score (nSPS) is 15.6. The zero-order valence-electron chi connectivity index (χ0n) is 20.6. The number of hydrogen-bond donors (Lipinski definition) is 0. The second kappa shape index (κ2) is 10.0. The highest BCUT2D eigenvalue weighted by molar-refractivity contribution is 7.99. The van der Waals surface area contributed by atoms with E-state index in [1.165, 1.54) is 17.3 Å². The van der Waals surface area contributed by atoms with E-state index in [0.717, 1.165) is 54.5 Å². The van der Waals surface area contributed by atoms with E-state index in [1.807, 2.05) is 59.7 Å². The van der Waals surface area contributed by atoms with Gasteiger partial charge in [0.2, 0.25) is 5.91 Å². The van der Waals surface area contributed by atoms with Crippen LogP contribution in [0.25, 0.3) is 11.3 Å². The number of thioether (sulfide) groups is 1. The van der Waals surface area contributed by atoms with Crippen molar-refractivity contribution in [3.63, 3.8) is 0 Å². The number of benzene rings is 2. The minimum absolute atomic E-state index is 0.0630. The van der Waals surface area contributed by atoms with E-state index in [-0.39, 0.29) is 22.6 Å². The lowest BCUT2D eigenvalue weighted by atomic mass is 9.68. The van der Waals surface area contributed by atoms with Gasteiger partial charge in [0, 0.05) is 24.1 Å². The lowest BCUT2D eigenvalue weighted by Gasteiger charge is -2.36. The van der Waals surface area contributed by atoms with E-state index in [4.69, 9.17) is 4.98 Å². The topological polar surface area (TPSA) is 55.2 Å². The van der Waals surface area contributed by atoms with Crippen LogP contribution in [-0.4, -0.2) is 39.2 Å². The molecule has 1 saturated carbocycles. The highest BCUT2D eigenvalue weighted by atomic mass is 32.2. The molecule has 2 aromatic carbocycles. The van der Waals surface area contributed by atoms with Gasteiger partial charge in [-0.1, -0.05) is 79.2 Å². The van der Waals surface area contributed by atoms with E-state index < -0.39 is 0 Å². The molecule has 2 aliphatic rings. The summed E-state index contributed by atoms with van der Waals surface area (Å²) in [5.74, 6) is 0.347. The van der Waals surface area contributed by atoms with Crippen molar-refractivity contribution >= 4 is 17.7 Å². The molecule has 1 aromatic heterocycles.